The maximum Gasteiger partial charge on any atom is 0.416 e. The van der Waals surface area contributed by atoms with Crippen LogP contribution in [-0.2, 0) is 11.0 Å². The Labute approximate surface area is 244 Å². The standard InChI is InChI=1S/C29H26Cl2F3N5O2/c1-2-3-14-38(28(41)35-21-11-7-10-20(15-21)29(32,33)34)18-27(40)36-26-17-25(19-8-5-4-6-9-19)37-39(26)22-12-13-23(30)24(31)16-22/h4-13,15-17H,2-3,14,18H2,1H3,(H,35,41)(H,36,40). The highest BCUT2D eigenvalue weighted by Gasteiger charge is 2.30. The van der Waals surface area contributed by atoms with Gasteiger partial charge in [-0.25, -0.2) is 9.48 Å². The highest BCUT2D eigenvalue weighted by molar-refractivity contribution is 6.42. The smallest absolute Gasteiger partial charge is 0.315 e. The lowest BCUT2D eigenvalue weighted by Gasteiger charge is -2.23. The van der Waals surface area contributed by atoms with Gasteiger partial charge in [0.1, 0.15) is 12.4 Å². The Bertz CT molecular complexity index is 1530. The SMILES string of the molecule is CCCCN(CC(=O)Nc1cc(-c2ccccc2)nn1-c1ccc(Cl)c(Cl)c1)C(=O)Nc1cccc(C(F)(F)F)c1. The second-order valence-electron chi connectivity index (χ2n) is 9.12. The first kappa shape index (κ1) is 30.0. The molecular weight excluding hydrogens is 578 g/mol. The molecule has 0 aliphatic heterocycles. The van der Waals surface area contributed by atoms with E-state index in [0.717, 1.165) is 24.1 Å². The van der Waals surface area contributed by atoms with Gasteiger partial charge in [0.2, 0.25) is 5.91 Å². The van der Waals surface area contributed by atoms with Gasteiger partial charge in [0.25, 0.3) is 0 Å². The fraction of sp³-hybridized carbons (Fsp3) is 0.207. The molecule has 12 heteroatoms. The Morgan fingerprint density at radius 3 is 2.37 bits per heavy atom. The van der Waals surface area contributed by atoms with Crippen molar-refractivity contribution >= 4 is 46.6 Å². The number of halogens is 5. The summed E-state index contributed by atoms with van der Waals surface area (Å²) in [5.41, 5.74) is 1.01. The maximum atomic E-state index is 13.2. The highest BCUT2D eigenvalue weighted by atomic mass is 35.5. The highest BCUT2D eigenvalue weighted by Crippen LogP contribution is 2.31. The summed E-state index contributed by atoms with van der Waals surface area (Å²) >= 11 is 12.3. The monoisotopic (exact) mass is 603 g/mol. The van der Waals surface area contributed by atoms with E-state index in [4.69, 9.17) is 23.2 Å². The summed E-state index contributed by atoms with van der Waals surface area (Å²) in [5.74, 6) is -0.206. The van der Waals surface area contributed by atoms with E-state index in [1.807, 2.05) is 37.3 Å². The van der Waals surface area contributed by atoms with Crippen LogP contribution in [0.5, 0.6) is 0 Å². The molecule has 0 fully saturated rings. The number of nitrogens with zero attached hydrogens (tertiary/aromatic N) is 3. The number of amides is 3. The molecule has 1 heterocycles. The lowest BCUT2D eigenvalue weighted by molar-refractivity contribution is -0.137. The molecule has 0 aliphatic rings. The van der Waals surface area contributed by atoms with Gasteiger partial charge in [0, 0.05) is 23.9 Å². The van der Waals surface area contributed by atoms with Gasteiger partial charge in [-0.05, 0) is 42.8 Å². The molecule has 0 radical (unpaired) electrons. The molecule has 41 heavy (non-hydrogen) atoms. The normalized spacial score (nSPS) is 11.3. The predicted octanol–water partition coefficient (Wildman–Crippen LogP) is 8.14. The predicted molar refractivity (Wildman–Crippen MR) is 155 cm³/mol. The van der Waals surface area contributed by atoms with Crippen LogP contribution in [0.2, 0.25) is 10.0 Å². The molecule has 7 nitrogen and oxygen atoms in total. The number of anilines is 2. The van der Waals surface area contributed by atoms with E-state index in [9.17, 15) is 22.8 Å². The number of carbonyl (C=O) groups is 2. The zero-order chi connectivity index (χ0) is 29.6. The van der Waals surface area contributed by atoms with Crippen LogP contribution >= 0.6 is 23.2 Å². The minimum absolute atomic E-state index is 0.0306. The third-order valence-electron chi connectivity index (χ3n) is 6.04. The maximum absolute atomic E-state index is 13.2. The average Bonchev–Trinajstić information content (AvgIpc) is 3.36. The van der Waals surface area contributed by atoms with Crippen molar-refractivity contribution in [3.05, 3.63) is 94.5 Å². The summed E-state index contributed by atoms with van der Waals surface area (Å²) in [6.45, 7) is 1.79. The molecular formula is C29H26Cl2F3N5O2. The summed E-state index contributed by atoms with van der Waals surface area (Å²) < 4.78 is 40.9. The molecule has 0 saturated heterocycles. The Balaban J connectivity index is 1.57. The fourth-order valence-electron chi connectivity index (χ4n) is 3.97. The van der Waals surface area contributed by atoms with Crippen molar-refractivity contribution in [2.75, 3.05) is 23.7 Å². The van der Waals surface area contributed by atoms with Gasteiger partial charge in [-0.3, -0.25) is 4.79 Å². The minimum atomic E-state index is -4.56. The quantitative estimate of drug-likeness (QED) is 0.203. The Kier molecular flexibility index (Phi) is 9.57. The molecule has 214 valence electrons. The summed E-state index contributed by atoms with van der Waals surface area (Å²) in [4.78, 5) is 27.5. The Morgan fingerprint density at radius 1 is 0.927 bits per heavy atom. The van der Waals surface area contributed by atoms with Gasteiger partial charge in [-0.15, -0.1) is 0 Å². The number of aromatic nitrogens is 2. The molecule has 0 unspecified atom stereocenters. The van der Waals surface area contributed by atoms with E-state index in [2.05, 4.69) is 15.7 Å². The minimum Gasteiger partial charge on any atom is -0.315 e. The molecule has 1 aromatic heterocycles. The summed E-state index contributed by atoms with van der Waals surface area (Å²) in [5, 5.41) is 10.6. The van der Waals surface area contributed by atoms with Gasteiger partial charge < -0.3 is 15.5 Å². The number of carbonyl (C=O) groups excluding carboxylic acids is 2. The molecule has 4 rings (SSSR count). The third kappa shape index (κ3) is 7.80. The molecule has 0 atom stereocenters. The largest absolute Gasteiger partial charge is 0.416 e. The summed E-state index contributed by atoms with van der Waals surface area (Å²) in [7, 11) is 0. The number of hydrogen-bond donors (Lipinski definition) is 2. The van der Waals surface area contributed by atoms with Crippen molar-refractivity contribution in [2.45, 2.75) is 25.9 Å². The van der Waals surface area contributed by atoms with E-state index < -0.39 is 23.7 Å². The van der Waals surface area contributed by atoms with Crippen molar-refractivity contribution in [3.63, 3.8) is 0 Å². The number of nitrogens with one attached hydrogen (secondary N) is 2. The van der Waals surface area contributed by atoms with E-state index in [-0.39, 0.29) is 18.8 Å². The van der Waals surface area contributed by atoms with Crippen molar-refractivity contribution in [2.24, 2.45) is 0 Å². The van der Waals surface area contributed by atoms with Crippen LogP contribution < -0.4 is 10.6 Å². The summed E-state index contributed by atoms with van der Waals surface area (Å²) in [6, 6.07) is 19.6. The third-order valence-corrected chi connectivity index (χ3v) is 6.78. The molecule has 0 aliphatic carbocycles. The van der Waals surface area contributed by atoms with Gasteiger partial charge in [0.15, 0.2) is 0 Å². The topological polar surface area (TPSA) is 79.3 Å². The average molecular weight is 604 g/mol. The van der Waals surface area contributed by atoms with Crippen molar-refractivity contribution in [3.8, 4) is 16.9 Å². The lowest BCUT2D eigenvalue weighted by atomic mass is 10.1. The van der Waals surface area contributed by atoms with Crippen LogP contribution in [-0.4, -0.2) is 39.7 Å². The zero-order valence-corrected chi connectivity index (χ0v) is 23.4. The van der Waals surface area contributed by atoms with Crippen molar-refractivity contribution in [1.82, 2.24) is 14.7 Å². The van der Waals surface area contributed by atoms with Gasteiger partial charge in [-0.1, -0.05) is 72.9 Å². The van der Waals surface area contributed by atoms with Crippen molar-refractivity contribution in [1.29, 1.82) is 0 Å². The molecule has 3 amide bonds. The molecule has 3 aromatic carbocycles. The fourth-order valence-corrected chi connectivity index (χ4v) is 4.26. The van der Waals surface area contributed by atoms with Crippen LogP contribution in [0, 0.1) is 0 Å². The van der Waals surface area contributed by atoms with Crippen LogP contribution in [0.15, 0.2) is 78.9 Å². The number of unbranched alkanes of at least 4 members (excludes halogenated alkanes) is 1. The molecule has 2 N–H and O–H groups in total. The zero-order valence-electron chi connectivity index (χ0n) is 21.9. The number of urea groups is 1. The van der Waals surface area contributed by atoms with E-state index in [1.165, 1.54) is 21.7 Å². The lowest BCUT2D eigenvalue weighted by Crippen LogP contribution is -2.41. The van der Waals surface area contributed by atoms with Gasteiger partial charge in [-0.2, -0.15) is 18.3 Å². The first-order chi connectivity index (χ1) is 19.5. The second kappa shape index (κ2) is 13.1. The van der Waals surface area contributed by atoms with Gasteiger partial charge >= 0.3 is 12.2 Å². The Morgan fingerprint density at radius 2 is 1.68 bits per heavy atom. The second-order valence-corrected chi connectivity index (χ2v) is 9.94. The number of hydrogen-bond acceptors (Lipinski definition) is 3. The molecule has 0 saturated carbocycles. The number of rotatable bonds is 9. The molecule has 0 spiro atoms. The van der Waals surface area contributed by atoms with Crippen LogP contribution in [0.1, 0.15) is 25.3 Å². The van der Waals surface area contributed by atoms with E-state index in [1.54, 1.807) is 24.3 Å². The van der Waals surface area contributed by atoms with Gasteiger partial charge in [0.05, 0.1) is 27.0 Å². The van der Waals surface area contributed by atoms with Crippen molar-refractivity contribution < 1.29 is 22.8 Å². The van der Waals surface area contributed by atoms with Crippen LogP contribution in [0.3, 0.4) is 0 Å². The first-order valence-electron chi connectivity index (χ1n) is 12.7. The first-order valence-corrected chi connectivity index (χ1v) is 13.4. The van der Waals surface area contributed by atoms with Crippen LogP contribution in [0.25, 0.3) is 16.9 Å². The summed E-state index contributed by atoms with van der Waals surface area (Å²) in [6.07, 6.45) is -3.24. The van der Waals surface area contributed by atoms with E-state index in [0.29, 0.717) is 33.7 Å². The van der Waals surface area contributed by atoms with E-state index >= 15 is 0 Å². The van der Waals surface area contributed by atoms with Crippen LogP contribution in [0.4, 0.5) is 29.5 Å². The molecule has 4 aromatic rings. The Hall–Kier alpha value is -4.02. The molecule has 0 bridgehead atoms. The number of alkyl halides is 3. The number of benzene rings is 3.